The van der Waals surface area contributed by atoms with E-state index in [2.05, 4.69) is 9.97 Å². The van der Waals surface area contributed by atoms with Gasteiger partial charge in [0.05, 0.1) is 17.9 Å². The van der Waals surface area contributed by atoms with Crippen molar-refractivity contribution in [3.63, 3.8) is 0 Å². The van der Waals surface area contributed by atoms with Crippen molar-refractivity contribution in [2.24, 2.45) is 0 Å². The van der Waals surface area contributed by atoms with Crippen molar-refractivity contribution in [1.29, 1.82) is 0 Å². The minimum atomic E-state index is -0.812. The topological polar surface area (TPSA) is 92.6 Å². The van der Waals surface area contributed by atoms with Crippen molar-refractivity contribution < 1.29 is 19.4 Å². The first-order valence-corrected chi connectivity index (χ1v) is 9.91. The molecule has 1 atom stereocenters. The van der Waals surface area contributed by atoms with Gasteiger partial charge in [0.15, 0.2) is 0 Å². The number of hydrogen-bond donors (Lipinski definition) is 1. The summed E-state index contributed by atoms with van der Waals surface area (Å²) in [5, 5.41) is 11.0. The third kappa shape index (κ3) is 4.02. The smallest absolute Gasteiger partial charge is 0.296 e. The summed E-state index contributed by atoms with van der Waals surface area (Å²) in [5.74, 6) is -1.03. The van der Waals surface area contributed by atoms with E-state index in [1.54, 1.807) is 67.1 Å². The molecule has 0 radical (unpaired) electrons. The van der Waals surface area contributed by atoms with Gasteiger partial charge < -0.3 is 14.7 Å². The first-order chi connectivity index (χ1) is 15.1. The van der Waals surface area contributed by atoms with E-state index in [4.69, 9.17) is 4.74 Å². The quantitative estimate of drug-likeness (QED) is 0.376. The van der Waals surface area contributed by atoms with Crippen molar-refractivity contribution >= 4 is 17.4 Å². The van der Waals surface area contributed by atoms with E-state index in [1.165, 1.54) is 4.90 Å². The zero-order valence-electron chi connectivity index (χ0n) is 16.9. The zero-order valence-corrected chi connectivity index (χ0v) is 16.9. The van der Waals surface area contributed by atoms with Gasteiger partial charge in [-0.2, -0.15) is 0 Å². The molecule has 1 aliphatic rings. The lowest BCUT2D eigenvalue weighted by molar-refractivity contribution is -0.140. The molecule has 31 heavy (non-hydrogen) atoms. The third-order valence-electron chi connectivity index (χ3n) is 5.02. The number of hydrogen-bond acceptors (Lipinski definition) is 6. The fourth-order valence-corrected chi connectivity index (χ4v) is 3.61. The second-order valence-electron chi connectivity index (χ2n) is 7.00. The van der Waals surface area contributed by atoms with Crippen LogP contribution in [0.3, 0.4) is 0 Å². The fourth-order valence-electron chi connectivity index (χ4n) is 3.61. The highest BCUT2D eigenvalue weighted by Gasteiger charge is 2.46. The van der Waals surface area contributed by atoms with E-state index in [0.29, 0.717) is 23.6 Å². The molecule has 3 heterocycles. The molecule has 0 bridgehead atoms. The van der Waals surface area contributed by atoms with Gasteiger partial charge in [-0.05, 0) is 55.0 Å². The maximum Gasteiger partial charge on any atom is 0.296 e. The normalized spacial score (nSPS) is 17.7. The molecule has 0 spiro atoms. The first-order valence-electron chi connectivity index (χ1n) is 9.91. The number of aliphatic hydroxyl groups is 1. The summed E-state index contributed by atoms with van der Waals surface area (Å²) in [4.78, 5) is 35.8. The molecule has 1 amide bonds. The van der Waals surface area contributed by atoms with Crippen LogP contribution in [0.15, 0.2) is 78.8 Å². The average Bonchev–Trinajstić information content (AvgIpc) is 3.05. The molecule has 1 fully saturated rings. The third-order valence-corrected chi connectivity index (χ3v) is 5.02. The largest absolute Gasteiger partial charge is 0.507 e. The Morgan fingerprint density at radius 1 is 1.06 bits per heavy atom. The van der Waals surface area contributed by atoms with E-state index in [9.17, 15) is 14.7 Å². The Labute approximate surface area is 179 Å². The lowest BCUT2D eigenvalue weighted by Crippen LogP contribution is -2.29. The van der Waals surface area contributed by atoms with Gasteiger partial charge >= 0.3 is 0 Å². The van der Waals surface area contributed by atoms with E-state index < -0.39 is 17.7 Å². The summed E-state index contributed by atoms with van der Waals surface area (Å²) < 4.78 is 5.44. The second-order valence-corrected chi connectivity index (χ2v) is 7.00. The number of aromatic nitrogens is 2. The van der Waals surface area contributed by atoms with Crippen LogP contribution in [0.1, 0.15) is 29.8 Å². The summed E-state index contributed by atoms with van der Waals surface area (Å²) in [6, 6.07) is 14.8. The monoisotopic (exact) mass is 415 g/mol. The van der Waals surface area contributed by atoms with Gasteiger partial charge in [-0.3, -0.25) is 19.6 Å². The van der Waals surface area contributed by atoms with E-state index in [1.807, 2.05) is 13.0 Å². The van der Waals surface area contributed by atoms with Crippen LogP contribution in [-0.2, 0) is 16.1 Å². The standard InChI is InChI=1S/C24H21N3O4/c1-2-31-18-10-8-17(9-11-18)22(28)20-21(19-7-3-4-13-26-19)27(24(30)23(20)29)15-16-6-5-12-25-14-16/h3-14,21,28H,2,15H2,1H3/t21-/m1/s1. The van der Waals surface area contributed by atoms with Crippen LogP contribution in [0, 0.1) is 0 Å². The van der Waals surface area contributed by atoms with Crippen LogP contribution in [0.25, 0.3) is 5.76 Å². The molecule has 1 saturated heterocycles. The Kier molecular flexibility index (Phi) is 5.75. The van der Waals surface area contributed by atoms with Gasteiger partial charge in [-0.15, -0.1) is 0 Å². The van der Waals surface area contributed by atoms with Crippen molar-refractivity contribution in [2.75, 3.05) is 6.61 Å². The van der Waals surface area contributed by atoms with Crippen LogP contribution >= 0.6 is 0 Å². The van der Waals surface area contributed by atoms with Crippen LogP contribution in [0.5, 0.6) is 5.75 Å². The maximum atomic E-state index is 13.0. The molecule has 1 N–H and O–H groups in total. The Morgan fingerprint density at radius 2 is 1.87 bits per heavy atom. The predicted octanol–water partition coefficient (Wildman–Crippen LogP) is 3.50. The molecule has 1 aromatic carbocycles. The Hall–Kier alpha value is -4.00. The van der Waals surface area contributed by atoms with Gasteiger partial charge in [-0.1, -0.05) is 12.1 Å². The summed E-state index contributed by atoms with van der Waals surface area (Å²) in [5.41, 5.74) is 1.70. The molecule has 156 valence electrons. The number of rotatable bonds is 6. The number of ether oxygens (including phenoxy) is 1. The summed E-state index contributed by atoms with van der Waals surface area (Å²) >= 11 is 0. The molecule has 7 nitrogen and oxygen atoms in total. The second kappa shape index (κ2) is 8.79. The van der Waals surface area contributed by atoms with Gasteiger partial charge in [0, 0.05) is 30.7 Å². The lowest BCUT2D eigenvalue weighted by Gasteiger charge is -2.24. The molecule has 0 unspecified atom stereocenters. The highest BCUT2D eigenvalue weighted by molar-refractivity contribution is 6.46. The number of Topliss-reactive ketones (excluding diaryl/α,β-unsaturated/α-hetero) is 1. The van der Waals surface area contributed by atoms with Gasteiger partial charge in [0.1, 0.15) is 17.6 Å². The van der Waals surface area contributed by atoms with Crippen LogP contribution in [-0.4, -0.2) is 38.3 Å². The van der Waals surface area contributed by atoms with E-state index in [-0.39, 0.29) is 17.9 Å². The van der Waals surface area contributed by atoms with Crippen molar-refractivity contribution in [2.45, 2.75) is 19.5 Å². The Bertz CT molecular complexity index is 1110. The Morgan fingerprint density at radius 3 is 2.52 bits per heavy atom. The van der Waals surface area contributed by atoms with Crippen molar-refractivity contribution in [3.8, 4) is 5.75 Å². The van der Waals surface area contributed by atoms with Crippen LogP contribution in [0.2, 0.25) is 0 Å². The zero-order chi connectivity index (χ0) is 21.8. The minimum Gasteiger partial charge on any atom is -0.507 e. The highest BCUT2D eigenvalue weighted by atomic mass is 16.5. The molecule has 4 rings (SSSR count). The molecule has 7 heteroatoms. The lowest BCUT2D eigenvalue weighted by atomic mass is 9.98. The van der Waals surface area contributed by atoms with Gasteiger partial charge in [0.25, 0.3) is 11.7 Å². The molecular weight excluding hydrogens is 394 g/mol. The number of nitrogens with zero attached hydrogens (tertiary/aromatic N) is 3. The number of carbonyl (C=O) groups excluding carboxylic acids is 2. The Balaban J connectivity index is 1.80. The number of aliphatic hydroxyl groups excluding tert-OH is 1. The molecular formula is C24H21N3O4. The van der Waals surface area contributed by atoms with E-state index >= 15 is 0 Å². The number of carbonyl (C=O) groups is 2. The number of amides is 1. The fraction of sp³-hybridized carbons (Fsp3) is 0.167. The highest BCUT2D eigenvalue weighted by Crippen LogP contribution is 2.39. The van der Waals surface area contributed by atoms with Crippen LogP contribution < -0.4 is 4.74 Å². The van der Waals surface area contributed by atoms with Gasteiger partial charge in [-0.25, -0.2) is 0 Å². The number of pyridine rings is 2. The summed E-state index contributed by atoms with van der Waals surface area (Å²) in [7, 11) is 0. The van der Waals surface area contributed by atoms with E-state index in [0.717, 1.165) is 5.56 Å². The maximum absolute atomic E-state index is 13.0. The SMILES string of the molecule is CCOc1ccc(C(O)=C2C(=O)C(=O)N(Cc3cccnc3)[C@@H]2c2ccccn2)cc1. The van der Waals surface area contributed by atoms with Crippen LogP contribution in [0.4, 0.5) is 0 Å². The predicted molar refractivity (Wildman–Crippen MR) is 114 cm³/mol. The molecule has 0 saturated carbocycles. The van der Waals surface area contributed by atoms with Crippen molar-refractivity contribution in [1.82, 2.24) is 14.9 Å². The number of ketones is 1. The minimum absolute atomic E-state index is 0.0109. The molecule has 1 aliphatic heterocycles. The van der Waals surface area contributed by atoms with Crippen molar-refractivity contribution in [3.05, 3.63) is 95.6 Å². The summed E-state index contributed by atoms with van der Waals surface area (Å²) in [6.45, 7) is 2.56. The summed E-state index contributed by atoms with van der Waals surface area (Å²) in [6.07, 6.45) is 4.87. The number of likely N-dealkylation sites (tertiary alicyclic amines) is 1. The first kappa shape index (κ1) is 20.3. The van der Waals surface area contributed by atoms with Gasteiger partial charge in [0.2, 0.25) is 0 Å². The molecule has 3 aromatic rings. The molecule has 0 aliphatic carbocycles. The number of benzene rings is 1. The molecule has 2 aromatic heterocycles. The average molecular weight is 415 g/mol.